The molecule has 0 spiro atoms. The first-order valence-corrected chi connectivity index (χ1v) is 6.62. The number of hydrogen-bond acceptors (Lipinski definition) is 5. The van der Waals surface area contributed by atoms with Gasteiger partial charge in [-0.1, -0.05) is 0 Å². The summed E-state index contributed by atoms with van der Waals surface area (Å²) in [6.45, 7) is 2.44. The molecule has 84 valence electrons. The summed E-state index contributed by atoms with van der Waals surface area (Å²) in [6, 6.07) is 1.84. The van der Waals surface area contributed by atoms with Crippen molar-refractivity contribution < 1.29 is 8.42 Å². The second-order valence-electron chi connectivity index (χ2n) is 3.52. The zero-order chi connectivity index (χ0) is 11.5. The molecule has 1 rings (SSSR count). The number of nitrogens with one attached hydrogen (secondary N) is 1. The molecule has 1 aromatic rings. The molecule has 15 heavy (non-hydrogen) atoms. The van der Waals surface area contributed by atoms with Crippen molar-refractivity contribution in [3.05, 3.63) is 23.3 Å². The Balaban J connectivity index is 2.98. The summed E-state index contributed by atoms with van der Waals surface area (Å²) in [5.41, 5.74) is 1.59. The SMILES string of the molecule is CNCc1cc(C)nc(CS(C)(=O)=O)n1. The molecule has 0 aliphatic heterocycles. The molecule has 0 saturated heterocycles. The van der Waals surface area contributed by atoms with Crippen LogP contribution in [0.25, 0.3) is 0 Å². The van der Waals surface area contributed by atoms with Crippen molar-refractivity contribution in [2.24, 2.45) is 0 Å². The monoisotopic (exact) mass is 229 g/mol. The minimum Gasteiger partial charge on any atom is -0.314 e. The van der Waals surface area contributed by atoms with E-state index in [1.165, 1.54) is 6.26 Å². The summed E-state index contributed by atoms with van der Waals surface area (Å²) in [4.78, 5) is 8.24. The topological polar surface area (TPSA) is 72.0 Å². The predicted molar refractivity (Wildman–Crippen MR) is 58.1 cm³/mol. The fourth-order valence-corrected chi connectivity index (χ4v) is 1.87. The highest BCUT2D eigenvalue weighted by Crippen LogP contribution is 2.03. The number of sulfone groups is 1. The van der Waals surface area contributed by atoms with Crippen LogP contribution >= 0.6 is 0 Å². The van der Waals surface area contributed by atoms with Gasteiger partial charge in [-0.2, -0.15) is 0 Å². The van der Waals surface area contributed by atoms with Gasteiger partial charge in [-0.3, -0.25) is 0 Å². The highest BCUT2D eigenvalue weighted by molar-refractivity contribution is 7.89. The van der Waals surface area contributed by atoms with Crippen molar-refractivity contribution >= 4 is 9.84 Å². The molecule has 0 bridgehead atoms. The van der Waals surface area contributed by atoms with Crippen LogP contribution in [0.4, 0.5) is 0 Å². The first-order chi connectivity index (χ1) is 6.90. The Morgan fingerprint density at radius 1 is 1.40 bits per heavy atom. The lowest BCUT2D eigenvalue weighted by atomic mass is 10.3. The van der Waals surface area contributed by atoms with E-state index in [-0.39, 0.29) is 5.75 Å². The third-order valence-electron chi connectivity index (χ3n) is 1.70. The van der Waals surface area contributed by atoms with Gasteiger partial charge in [0.2, 0.25) is 0 Å². The second-order valence-corrected chi connectivity index (χ2v) is 5.66. The van der Waals surface area contributed by atoms with Gasteiger partial charge >= 0.3 is 0 Å². The van der Waals surface area contributed by atoms with Gasteiger partial charge in [0.15, 0.2) is 9.84 Å². The summed E-state index contributed by atoms with van der Waals surface area (Å²) in [5.74, 6) is 0.258. The number of nitrogens with zero attached hydrogens (tertiary/aromatic N) is 2. The van der Waals surface area contributed by atoms with Gasteiger partial charge < -0.3 is 5.32 Å². The summed E-state index contributed by atoms with van der Waals surface area (Å²) >= 11 is 0. The molecular formula is C9H15N3O2S. The number of hydrogen-bond donors (Lipinski definition) is 1. The van der Waals surface area contributed by atoms with Crippen LogP contribution in [0.2, 0.25) is 0 Å². The van der Waals surface area contributed by atoms with Crippen LogP contribution in [0.3, 0.4) is 0 Å². The predicted octanol–water partition coefficient (Wildman–Crippen LogP) is 0.0490. The maximum absolute atomic E-state index is 11.1. The van der Waals surface area contributed by atoms with Crippen LogP contribution in [-0.4, -0.2) is 31.7 Å². The molecule has 1 N–H and O–H groups in total. The van der Waals surface area contributed by atoms with Crippen LogP contribution in [0.5, 0.6) is 0 Å². The first kappa shape index (κ1) is 12.1. The standard InChI is InChI=1S/C9H15N3O2S/c1-7-4-8(5-10-2)12-9(11-7)6-15(3,13)14/h4,10H,5-6H2,1-3H3. The molecule has 0 amide bonds. The third-order valence-corrected chi connectivity index (χ3v) is 2.49. The lowest BCUT2D eigenvalue weighted by Gasteiger charge is -2.04. The Bertz CT molecular complexity index is 443. The first-order valence-electron chi connectivity index (χ1n) is 4.56. The van der Waals surface area contributed by atoms with Crippen molar-refractivity contribution in [1.82, 2.24) is 15.3 Å². The van der Waals surface area contributed by atoms with Gasteiger partial charge in [0.05, 0.1) is 5.69 Å². The van der Waals surface area contributed by atoms with Crippen molar-refractivity contribution in [2.75, 3.05) is 13.3 Å². The van der Waals surface area contributed by atoms with E-state index < -0.39 is 9.84 Å². The van der Waals surface area contributed by atoms with Crippen molar-refractivity contribution in [1.29, 1.82) is 0 Å². The number of aromatic nitrogens is 2. The third kappa shape index (κ3) is 4.35. The van der Waals surface area contributed by atoms with E-state index in [0.29, 0.717) is 12.4 Å². The van der Waals surface area contributed by atoms with E-state index in [2.05, 4.69) is 15.3 Å². The van der Waals surface area contributed by atoms with E-state index in [1.807, 2.05) is 20.0 Å². The molecule has 0 radical (unpaired) electrons. The zero-order valence-electron chi connectivity index (χ0n) is 9.11. The van der Waals surface area contributed by atoms with Gasteiger partial charge in [-0.15, -0.1) is 0 Å². The maximum Gasteiger partial charge on any atom is 0.154 e. The molecule has 0 aliphatic rings. The zero-order valence-corrected chi connectivity index (χ0v) is 9.93. The van der Waals surface area contributed by atoms with Gasteiger partial charge in [0, 0.05) is 18.5 Å². The van der Waals surface area contributed by atoms with Crippen LogP contribution in [0.15, 0.2) is 6.07 Å². The van der Waals surface area contributed by atoms with Crippen LogP contribution in [0, 0.1) is 6.92 Å². The summed E-state index contributed by atoms with van der Waals surface area (Å²) in [6.07, 6.45) is 1.18. The highest BCUT2D eigenvalue weighted by atomic mass is 32.2. The Morgan fingerprint density at radius 3 is 2.60 bits per heavy atom. The molecule has 0 saturated carbocycles. The van der Waals surface area contributed by atoms with E-state index in [9.17, 15) is 8.42 Å². The molecule has 0 aliphatic carbocycles. The number of rotatable bonds is 4. The van der Waals surface area contributed by atoms with Crippen molar-refractivity contribution in [3.63, 3.8) is 0 Å². The largest absolute Gasteiger partial charge is 0.314 e. The normalized spacial score (nSPS) is 11.7. The molecular weight excluding hydrogens is 214 g/mol. The fraction of sp³-hybridized carbons (Fsp3) is 0.556. The molecule has 0 unspecified atom stereocenters. The second kappa shape index (κ2) is 4.67. The Morgan fingerprint density at radius 2 is 2.07 bits per heavy atom. The van der Waals surface area contributed by atoms with Gasteiger partial charge in [-0.25, -0.2) is 18.4 Å². The summed E-state index contributed by atoms with van der Waals surface area (Å²) in [5, 5.41) is 2.96. The Hall–Kier alpha value is -1.01. The molecule has 1 aromatic heterocycles. The average Bonchev–Trinajstić information content (AvgIpc) is 1.99. The Labute approximate surface area is 89.9 Å². The number of aryl methyl sites for hydroxylation is 1. The molecule has 0 aromatic carbocycles. The van der Waals surface area contributed by atoms with Gasteiger partial charge in [0.25, 0.3) is 0 Å². The lowest BCUT2D eigenvalue weighted by Crippen LogP contribution is -2.12. The van der Waals surface area contributed by atoms with E-state index >= 15 is 0 Å². The van der Waals surface area contributed by atoms with Gasteiger partial charge in [-0.05, 0) is 20.0 Å². The molecule has 1 heterocycles. The molecule has 0 fully saturated rings. The van der Waals surface area contributed by atoms with Crippen LogP contribution in [0.1, 0.15) is 17.2 Å². The Kier molecular flexibility index (Phi) is 3.76. The molecule has 5 nitrogen and oxygen atoms in total. The van der Waals surface area contributed by atoms with E-state index in [1.54, 1.807) is 0 Å². The molecule has 0 atom stereocenters. The quantitative estimate of drug-likeness (QED) is 0.789. The minimum absolute atomic E-state index is 0.106. The maximum atomic E-state index is 11.1. The summed E-state index contributed by atoms with van der Waals surface area (Å²) < 4.78 is 22.2. The van der Waals surface area contributed by atoms with Crippen LogP contribution in [-0.2, 0) is 22.1 Å². The van der Waals surface area contributed by atoms with Crippen molar-refractivity contribution in [2.45, 2.75) is 19.2 Å². The highest BCUT2D eigenvalue weighted by Gasteiger charge is 2.08. The lowest BCUT2D eigenvalue weighted by molar-refractivity contribution is 0.599. The van der Waals surface area contributed by atoms with E-state index in [0.717, 1.165) is 11.4 Å². The average molecular weight is 229 g/mol. The van der Waals surface area contributed by atoms with Crippen molar-refractivity contribution in [3.8, 4) is 0 Å². The summed E-state index contributed by atoms with van der Waals surface area (Å²) in [7, 11) is -1.26. The minimum atomic E-state index is -3.07. The van der Waals surface area contributed by atoms with Gasteiger partial charge in [0.1, 0.15) is 11.6 Å². The molecule has 6 heteroatoms. The van der Waals surface area contributed by atoms with E-state index in [4.69, 9.17) is 0 Å². The van der Waals surface area contributed by atoms with Crippen LogP contribution < -0.4 is 5.32 Å². The smallest absolute Gasteiger partial charge is 0.154 e. The fourth-order valence-electron chi connectivity index (χ4n) is 1.27.